The molecule has 1 aliphatic rings. The summed E-state index contributed by atoms with van der Waals surface area (Å²) in [6, 6.07) is 8.31. The molecular weight excluding hydrogens is 280 g/mol. The van der Waals surface area contributed by atoms with Gasteiger partial charge < -0.3 is 9.47 Å². The number of benzene rings is 2. The number of rotatable bonds is 3. The molecule has 0 saturated heterocycles. The standard InChI is InChI=1S/C14H9F2N3O2/c15-8-5-10(9-3-1-2-4-11(9)16)14-12(6-8)20-13(21-14)7-18-19-17/h1-6,13H,7H2. The Labute approximate surface area is 118 Å². The maximum absolute atomic E-state index is 13.9. The van der Waals surface area contributed by atoms with Gasteiger partial charge in [-0.3, -0.25) is 0 Å². The number of azide groups is 1. The molecule has 0 aliphatic carbocycles. The van der Waals surface area contributed by atoms with Crippen molar-refractivity contribution in [1.29, 1.82) is 0 Å². The van der Waals surface area contributed by atoms with Gasteiger partial charge in [-0.15, -0.1) is 0 Å². The van der Waals surface area contributed by atoms with Crippen LogP contribution in [0.15, 0.2) is 41.5 Å². The third kappa shape index (κ3) is 2.46. The Bertz CT molecular complexity index is 745. The van der Waals surface area contributed by atoms with E-state index in [9.17, 15) is 8.78 Å². The van der Waals surface area contributed by atoms with E-state index in [0.717, 1.165) is 6.07 Å². The van der Waals surface area contributed by atoms with Gasteiger partial charge in [-0.1, -0.05) is 23.3 Å². The number of halogens is 2. The summed E-state index contributed by atoms with van der Waals surface area (Å²) in [5, 5.41) is 3.34. The predicted octanol–water partition coefficient (Wildman–Crippen LogP) is 4.04. The minimum absolute atomic E-state index is 0.0660. The van der Waals surface area contributed by atoms with Crippen molar-refractivity contribution in [3.05, 3.63) is 58.5 Å². The Morgan fingerprint density at radius 3 is 2.71 bits per heavy atom. The lowest BCUT2D eigenvalue weighted by Crippen LogP contribution is -2.21. The third-order valence-corrected chi connectivity index (χ3v) is 2.99. The second-order valence-corrected chi connectivity index (χ2v) is 4.34. The second-order valence-electron chi connectivity index (χ2n) is 4.34. The first-order valence-electron chi connectivity index (χ1n) is 6.11. The SMILES string of the molecule is [N-]=[N+]=NCC1Oc2cc(F)cc(-c3ccccc3F)c2O1. The largest absolute Gasteiger partial charge is 0.451 e. The maximum Gasteiger partial charge on any atom is 0.247 e. The quantitative estimate of drug-likeness (QED) is 0.486. The zero-order valence-corrected chi connectivity index (χ0v) is 10.7. The van der Waals surface area contributed by atoms with Gasteiger partial charge in [0.2, 0.25) is 6.29 Å². The average molecular weight is 289 g/mol. The molecule has 0 bridgehead atoms. The summed E-state index contributed by atoms with van der Waals surface area (Å²) in [5.74, 6) is -0.668. The van der Waals surface area contributed by atoms with E-state index in [4.69, 9.17) is 15.0 Å². The zero-order valence-electron chi connectivity index (χ0n) is 10.7. The molecular formula is C14H9F2N3O2. The van der Waals surface area contributed by atoms with Gasteiger partial charge in [-0.05, 0) is 17.7 Å². The van der Waals surface area contributed by atoms with Crippen LogP contribution in [0, 0.1) is 11.6 Å². The van der Waals surface area contributed by atoms with Crippen LogP contribution in [0.5, 0.6) is 11.5 Å². The first-order valence-corrected chi connectivity index (χ1v) is 6.11. The summed E-state index contributed by atoms with van der Waals surface area (Å²) in [7, 11) is 0. The maximum atomic E-state index is 13.9. The Kier molecular flexibility index (Phi) is 3.33. The smallest absolute Gasteiger partial charge is 0.247 e. The lowest BCUT2D eigenvalue weighted by molar-refractivity contribution is 0.0583. The van der Waals surface area contributed by atoms with Crippen molar-refractivity contribution < 1.29 is 18.3 Å². The van der Waals surface area contributed by atoms with Crippen LogP contribution >= 0.6 is 0 Å². The van der Waals surface area contributed by atoms with Crippen molar-refractivity contribution in [2.45, 2.75) is 6.29 Å². The molecule has 3 rings (SSSR count). The van der Waals surface area contributed by atoms with Crippen molar-refractivity contribution in [2.24, 2.45) is 5.11 Å². The van der Waals surface area contributed by atoms with Crippen LogP contribution in [0.4, 0.5) is 8.78 Å². The molecule has 106 valence electrons. The summed E-state index contributed by atoms with van der Waals surface area (Å²) in [6.45, 7) is -0.0660. The lowest BCUT2D eigenvalue weighted by Gasteiger charge is -2.08. The Hall–Kier alpha value is -2.79. The summed E-state index contributed by atoms with van der Waals surface area (Å²) < 4.78 is 38.4. The van der Waals surface area contributed by atoms with Crippen molar-refractivity contribution in [3.63, 3.8) is 0 Å². The van der Waals surface area contributed by atoms with Gasteiger partial charge in [-0.2, -0.15) is 0 Å². The molecule has 1 unspecified atom stereocenters. The number of ether oxygens (including phenoxy) is 2. The van der Waals surface area contributed by atoms with E-state index < -0.39 is 17.9 Å². The minimum Gasteiger partial charge on any atom is -0.451 e. The number of fused-ring (bicyclic) bond motifs is 1. The summed E-state index contributed by atoms with van der Waals surface area (Å²) >= 11 is 0. The van der Waals surface area contributed by atoms with E-state index in [2.05, 4.69) is 10.0 Å². The van der Waals surface area contributed by atoms with Crippen LogP contribution in [0.3, 0.4) is 0 Å². The Balaban J connectivity index is 2.05. The van der Waals surface area contributed by atoms with Crippen molar-refractivity contribution in [3.8, 4) is 22.6 Å². The highest BCUT2D eigenvalue weighted by molar-refractivity contribution is 5.75. The topological polar surface area (TPSA) is 67.2 Å². The van der Waals surface area contributed by atoms with E-state index >= 15 is 0 Å². The number of hydrogen-bond donors (Lipinski definition) is 0. The van der Waals surface area contributed by atoms with E-state index in [1.807, 2.05) is 0 Å². The van der Waals surface area contributed by atoms with Crippen LogP contribution in [0.2, 0.25) is 0 Å². The van der Waals surface area contributed by atoms with Crippen molar-refractivity contribution >= 4 is 0 Å². The van der Waals surface area contributed by atoms with Crippen molar-refractivity contribution in [2.75, 3.05) is 6.54 Å². The first kappa shape index (κ1) is 13.2. The molecule has 0 spiro atoms. The molecule has 0 radical (unpaired) electrons. The molecule has 0 saturated carbocycles. The number of hydrogen-bond acceptors (Lipinski definition) is 3. The van der Waals surface area contributed by atoms with E-state index in [0.29, 0.717) is 0 Å². The fourth-order valence-corrected chi connectivity index (χ4v) is 2.13. The van der Waals surface area contributed by atoms with Gasteiger partial charge in [0.1, 0.15) is 18.2 Å². The third-order valence-electron chi connectivity index (χ3n) is 2.99. The van der Waals surface area contributed by atoms with Gasteiger partial charge in [0.25, 0.3) is 0 Å². The fourth-order valence-electron chi connectivity index (χ4n) is 2.13. The average Bonchev–Trinajstić information content (AvgIpc) is 2.87. The predicted molar refractivity (Wildman–Crippen MR) is 70.9 cm³/mol. The molecule has 7 heteroatoms. The monoisotopic (exact) mass is 289 g/mol. The van der Waals surface area contributed by atoms with Gasteiger partial charge in [0, 0.05) is 22.1 Å². The van der Waals surface area contributed by atoms with Gasteiger partial charge >= 0.3 is 0 Å². The molecule has 0 aromatic heterocycles. The van der Waals surface area contributed by atoms with E-state index in [1.165, 1.54) is 18.2 Å². The van der Waals surface area contributed by atoms with E-state index in [1.54, 1.807) is 12.1 Å². The molecule has 2 aromatic rings. The fraction of sp³-hybridized carbons (Fsp3) is 0.143. The highest BCUT2D eigenvalue weighted by Crippen LogP contribution is 2.44. The molecule has 1 heterocycles. The molecule has 1 atom stereocenters. The molecule has 2 aromatic carbocycles. The molecule has 0 fully saturated rings. The molecule has 5 nitrogen and oxygen atoms in total. The van der Waals surface area contributed by atoms with Gasteiger partial charge in [-0.25, -0.2) is 8.78 Å². The van der Waals surface area contributed by atoms with Crippen LogP contribution in [-0.4, -0.2) is 12.8 Å². The minimum atomic E-state index is -0.844. The molecule has 0 amide bonds. The highest BCUT2D eigenvalue weighted by Gasteiger charge is 2.28. The molecule has 1 aliphatic heterocycles. The highest BCUT2D eigenvalue weighted by atomic mass is 19.1. The normalized spacial score (nSPS) is 15.6. The first-order chi connectivity index (χ1) is 10.2. The lowest BCUT2D eigenvalue weighted by atomic mass is 10.0. The van der Waals surface area contributed by atoms with Crippen LogP contribution in [-0.2, 0) is 0 Å². The van der Waals surface area contributed by atoms with Crippen LogP contribution in [0.25, 0.3) is 21.6 Å². The second kappa shape index (κ2) is 5.30. The molecule has 21 heavy (non-hydrogen) atoms. The summed E-state index contributed by atoms with van der Waals surface area (Å²) in [6.07, 6.45) is -0.844. The number of nitrogens with zero attached hydrogens (tertiary/aromatic N) is 3. The summed E-state index contributed by atoms with van der Waals surface area (Å²) in [5.41, 5.74) is 8.76. The Morgan fingerprint density at radius 2 is 1.95 bits per heavy atom. The van der Waals surface area contributed by atoms with Crippen molar-refractivity contribution in [1.82, 2.24) is 0 Å². The van der Waals surface area contributed by atoms with Gasteiger partial charge in [0.15, 0.2) is 11.5 Å². The van der Waals surface area contributed by atoms with E-state index in [-0.39, 0.29) is 29.2 Å². The Morgan fingerprint density at radius 1 is 1.14 bits per heavy atom. The summed E-state index contributed by atoms with van der Waals surface area (Å²) in [4.78, 5) is 2.61. The van der Waals surface area contributed by atoms with Crippen LogP contribution in [0.1, 0.15) is 0 Å². The van der Waals surface area contributed by atoms with Crippen LogP contribution < -0.4 is 9.47 Å². The molecule has 0 N–H and O–H groups in total. The van der Waals surface area contributed by atoms with Gasteiger partial charge in [0.05, 0.1) is 0 Å². The zero-order chi connectivity index (χ0) is 14.8.